The van der Waals surface area contributed by atoms with E-state index in [0.717, 1.165) is 14.2 Å². The van der Waals surface area contributed by atoms with Crippen LogP contribution < -0.4 is 0 Å². The summed E-state index contributed by atoms with van der Waals surface area (Å²) in [5.41, 5.74) is -0.900. The highest BCUT2D eigenvalue weighted by Crippen LogP contribution is 2.57. The molecule has 0 unspecified atom stereocenters. The number of carbonyl (C=O) groups is 4. The molecule has 0 aromatic heterocycles. The molecular formula is C21H23NO7. The molecule has 0 N–H and O–H groups in total. The minimum Gasteiger partial charge on any atom is -0.468 e. The van der Waals surface area contributed by atoms with Crippen molar-refractivity contribution in [2.45, 2.75) is 25.7 Å². The Morgan fingerprint density at radius 1 is 1.17 bits per heavy atom. The number of benzene rings is 1. The molecule has 8 nitrogen and oxygen atoms in total. The molecule has 3 atom stereocenters. The second kappa shape index (κ2) is 9.32. The third-order valence-electron chi connectivity index (χ3n) is 5.43. The van der Waals surface area contributed by atoms with Crippen molar-refractivity contribution in [1.29, 1.82) is 5.26 Å². The van der Waals surface area contributed by atoms with Crippen LogP contribution in [0.15, 0.2) is 24.3 Å². The van der Waals surface area contributed by atoms with E-state index < -0.39 is 41.1 Å². The Labute approximate surface area is 168 Å². The average molecular weight is 401 g/mol. The third-order valence-corrected chi connectivity index (χ3v) is 5.43. The molecule has 0 amide bonds. The summed E-state index contributed by atoms with van der Waals surface area (Å²) >= 11 is 0. The van der Waals surface area contributed by atoms with E-state index in [1.165, 1.54) is 12.1 Å². The van der Waals surface area contributed by atoms with Crippen LogP contribution in [-0.2, 0) is 33.4 Å². The summed E-state index contributed by atoms with van der Waals surface area (Å²) in [6.07, 6.45) is 0.430. The van der Waals surface area contributed by atoms with Gasteiger partial charge in [-0.2, -0.15) is 5.26 Å². The quantitative estimate of drug-likeness (QED) is 0.293. The first-order chi connectivity index (χ1) is 13.9. The lowest BCUT2D eigenvalue weighted by Crippen LogP contribution is -2.44. The van der Waals surface area contributed by atoms with Crippen LogP contribution in [0.1, 0.15) is 36.8 Å². The number of methoxy groups -OCH3 is 2. The topological polar surface area (TPSA) is 120 Å². The average Bonchev–Trinajstić information content (AvgIpc) is 3.07. The van der Waals surface area contributed by atoms with Gasteiger partial charge in [0.2, 0.25) is 0 Å². The van der Waals surface area contributed by atoms with Gasteiger partial charge in [0.15, 0.2) is 5.41 Å². The first-order valence-corrected chi connectivity index (χ1v) is 9.17. The molecule has 1 aromatic rings. The maximum Gasteiger partial charge on any atom is 0.323 e. The summed E-state index contributed by atoms with van der Waals surface area (Å²) in [7, 11) is 2.30. The molecular weight excluding hydrogens is 378 g/mol. The van der Waals surface area contributed by atoms with Gasteiger partial charge in [0, 0.05) is 18.3 Å². The minimum atomic E-state index is -1.79. The monoisotopic (exact) mass is 401 g/mol. The highest BCUT2D eigenvalue weighted by Gasteiger charge is 2.64. The lowest BCUT2D eigenvalue weighted by Gasteiger charge is -2.31. The van der Waals surface area contributed by atoms with Gasteiger partial charge in [-0.05, 0) is 37.0 Å². The normalized spacial score (nSPS) is 22.2. The molecule has 0 spiro atoms. The number of hydrogen-bond donors (Lipinski definition) is 0. The van der Waals surface area contributed by atoms with Gasteiger partial charge in [-0.15, -0.1) is 0 Å². The zero-order valence-electron chi connectivity index (χ0n) is 16.5. The van der Waals surface area contributed by atoms with Crippen LogP contribution in [0.25, 0.3) is 0 Å². The Bertz CT molecular complexity index is 808. The molecule has 0 bridgehead atoms. The molecule has 1 saturated carbocycles. The lowest BCUT2D eigenvalue weighted by atomic mass is 9.71. The van der Waals surface area contributed by atoms with Crippen molar-refractivity contribution in [1.82, 2.24) is 0 Å². The molecule has 154 valence electrons. The van der Waals surface area contributed by atoms with E-state index >= 15 is 0 Å². The van der Waals surface area contributed by atoms with Crippen molar-refractivity contribution in [2.75, 3.05) is 20.8 Å². The van der Waals surface area contributed by atoms with E-state index in [2.05, 4.69) is 0 Å². The molecule has 1 fully saturated rings. The predicted molar refractivity (Wildman–Crippen MR) is 99.3 cm³/mol. The summed E-state index contributed by atoms with van der Waals surface area (Å²) in [6, 6.07) is 8.25. The van der Waals surface area contributed by atoms with Crippen molar-refractivity contribution in [2.24, 2.45) is 17.3 Å². The Morgan fingerprint density at radius 3 is 2.21 bits per heavy atom. The number of hydrogen-bond acceptors (Lipinski definition) is 8. The fraction of sp³-hybridized carbons (Fsp3) is 0.476. The summed E-state index contributed by atoms with van der Waals surface area (Å²) in [6.45, 7) is 1.84. The molecule has 0 saturated heterocycles. The molecule has 2 rings (SSSR count). The van der Waals surface area contributed by atoms with Gasteiger partial charge in [-0.1, -0.05) is 12.1 Å². The molecule has 1 aromatic carbocycles. The number of esters is 3. The van der Waals surface area contributed by atoms with Gasteiger partial charge < -0.3 is 19.0 Å². The number of ether oxygens (including phenoxy) is 3. The number of nitrogens with zero attached hydrogens (tertiary/aromatic N) is 1. The van der Waals surface area contributed by atoms with Crippen molar-refractivity contribution in [3.8, 4) is 6.07 Å². The summed E-state index contributed by atoms with van der Waals surface area (Å²) < 4.78 is 14.8. The smallest absolute Gasteiger partial charge is 0.323 e. The van der Waals surface area contributed by atoms with E-state index in [4.69, 9.17) is 19.5 Å². The number of aldehydes is 1. The Kier molecular flexibility index (Phi) is 7.10. The fourth-order valence-corrected chi connectivity index (χ4v) is 4.25. The Balaban J connectivity index is 2.63. The molecule has 8 heteroatoms. The third kappa shape index (κ3) is 3.99. The lowest BCUT2D eigenvalue weighted by molar-refractivity contribution is -0.170. The highest BCUT2D eigenvalue weighted by atomic mass is 16.5. The van der Waals surface area contributed by atoms with Gasteiger partial charge in [-0.3, -0.25) is 14.4 Å². The van der Waals surface area contributed by atoms with Crippen LogP contribution in [0.5, 0.6) is 0 Å². The van der Waals surface area contributed by atoms with Crippen LogP contribution in [0, 0.1) is 28.6 Å². The van der Waals surface area contributed by atoms with Crippen LogP contribution in [0.3, 0.4) is 0 Å². The summed E-state index contributed by atoms with van der Waals surface area (Å²) in [5.74, 6) is -4.55. The molecule has 0 radical (unpaired) electrons. The number of nitriles is 1. The highest BCUT2D eigenvalue weighted by molar-refractivity contribution is 6.02. The largest absolute Gasteiger partial charge is 0.468 e. The van der Waals surface area contributed by atoms with Crippen LogP contribution in [0.2, 0.25) is 0 Å². The van der Waals surface area contributed by atoms with Crippen molar-refractivity contribution >= 4 is 24.2 Å². The number of rotatable bonds is 7. The van der Waals surface area contributed by atoms with E-state index in [9.17, 15) is 19.2 Å². The Hall–Kier alpha value is -3.21. The SMILES string of the molecule is CCOC(=O)C[C@@H]1CC(C(=O)OC)(C(=O)OC)[C@H](c2ccc(C#N)cc2)[C@H]1C=O. The molecule has 0 heterocycles. The van der Waals surface area contributed by atoms with Crippen LogP contribution >= 0.6 is 0 Å². The van der Waals surface area contributed by atoms with Gasteiger partial charge in [-0.25, -0.2) is 0 Å². The van der Waals surface area contributed by atoms with E-state index in [1.54, 1.807) is 19.1 Å². The zero-order chi connectivity index (χ0) is 21.6. The van der Waals surface area contributed by atoms with Crippen LogP contribution in [0.4, 0.5) is 0 Å². The first kappa shape index (κ1) is 22.1. The molecule has 1 aliphatic carbocycles. The van der Waals surface area contributed by atoms with Gasteiger partial charge in [0.1, 0.15) is 6.29 Å². The van der Waals surface area contributed by atoms with E-state index in [1.807, 2.05) is 6.07 Å². The van der Waals surface area contributed by atoms with E-state index in [0.29, 0.717) is 17.4 Å². The molecule has 1 aliphatic rings. The number of carbonyl (C=O) groups excluding carboxylic acids is 4. The maximum absolute atomic E-state index is 12.9. The van der Waals surface area contributed by atoms with Gasteiger partial charge >= 0.3 is 17.9 Å². The first-order valence-electron chi connectivity index (χ1n) is 9.17. The van der Waals surface area contributed by atoms with Crippen molar-refractivity contribution in [3.63, 3.8) is 0 Å². The second-order valence-corrected chi connectivity index (χ2v) is 6.85. The maximum atomic E-state index is 12.9. The molecule has 29 heavy (non-hydrogen) atoms. The van der Waals surface area contributed by atoms with Gasteiger partial charge in [0.05, 0.1) is 32.5 Å². The zero-order valence-corrected chi connectivity index (χ0v) is 16.5. The summed E-state index contributed by atoms with van der Waals surface area (Å²) in [5, 5.41) is 9.03. The van der Waals surface area contributed by atoms with Gasteiger partial charge in [0.25, 0.3) is 0 Å². The minimum absolute atomic E-state index is 0.0980. The van der Waals surface area contributed by atoms with Crippen molar-refractivity contribution < 1.29 is 33.4 Å². The fourth-order valence-electron chi connectivity index (χ4n) is 4.25. The summed E-state index contributed by atoms with van der Waals surface area (Å²) in [4.78, 5) is 49.8. The second-order valence-electron chi connectivity index (χ2n) is 6.85. The van der Waals surface area contributed by atoms with Crippen LogP contribution in [-0.4, -0.2) is 45.0 Å². The predicted octanol–water partition coefficient (Wildman–Crippen LogP) is 1.76. The Morgan fingerprint density at radius 2 is 1.76 bits per heavy atom. The molecule has 0 aliphatic heterocycles. The standard InChI is InChI=1S/C21H23NO7/c1-4-29-17(24)9-15-10-21(19(25)27-2,20(26)28-3)18(16(15)12-23)14-7-5-13(11-22)6-8-14/h5-8,12,15-16,18H,4,9-10H2,1-3H3/t15-,16+,18-/m1/s1. The van der Waals surface area contributed by atoms with E-state index in [-0.39, 0.29) is 19.4 Å². The van der Waals surface area contributed by atoms with Crippen molar-refractivity contribution in [3.05, 3.63) is 35.4 Å².